The minimum atomic E-state index is -3.06. The minimum Gasteiger partial charge on any atom is -0.434 e. The molecule has 1 fully saturated rings. The van der Waals surface area contributed by atoms with Crippen LogP contribution in [0.3, 0.4) is 0 Å². The van der Waals surface area contributed by atoms with Gasteiger partial charge in [-0.2, -0.15) is 13.9 Å². The maximum absolute atomic E-state index is 12.9. The molecular formula is C20H24Cl2F2N4O2. The van der Waals surface area contributed by atoms with Crippen molar-refractivity contribution in [1.82, 2.24) is 20.1 Å². The van der Waals surface area contributed by atoms with Crippen molar-refractivity contribution in [3.63, 3.8) is 0 Å². The number of carbonyl (C=O) groups is 1. The SMILES string of the molecule is CCn1nc(C(=O)NCC2CCC(C)CC2)c(Cl)c1-c1cnc(Cl)cc1OC(F)F. The monoisotopic (exact) mass is 460 g/mol. The lowest BCUT2D eigenvalue weighted by Crippen LogP contribution is -2.31. The van der Waals surface area contributed by atoms with E-state index in [0.717, 1.165) is 31.6 Å². The molecule has 1 aliphatic carbocycles. The molecule has 0 atom stereocenters. The Morgan fingerprint density at radius 3 is 2.67 bits per heavy atom. The number of hydrogen-bond donors (Lipinski definition) is 1. The van der Waals surface area contributed by atoms with E-state index in [9.17, 15) is 13.6 Å². The van der Waals surface area contributed by atoms with Crippen molar-refractivity contribution in [3.05, 3.63) is 28.1 Å². The Balaban J connectivity index is 1.85. The molecule has 2 aromatic rings. The first kappa shape index (κ1) is 22.7. The number of amides is 1. The van der Waals surface area contributed by atoms with E-state index in [2.05, 4.69) is 27.1 Å². The molecule has 0 bridgehead atoms. The number of hydrogen-bond acceptors (Lipinski definition) is 4. The number of rotatable bonds is 7. The van der Waals surface area contributed by atoms with Gasteiger partial charge in [-0.3, -0.25) is 9.48 Å². The summed E-state index contributed by atoms with van der Waals surface area (Å²) in [6, 6.07) is 1.18. The number of nitrogens with zero attached hydrogens (tertiary/aromatic N) is 3. The molecule has 1 amide bonds. The van der Waals surface area contributed by atoms with Crippen LogP contribution in [0.15, 0.2) is 12.3 Å². The number of halogens is 4. The highest BCUT2D eigenvalue weighted by atomic mass is 35.5. The van der Waals surface area contributed by atoms with Crippen LogP contribution in [0, 0.1) is 11.8 Å². The predicted molar refractivity (Wildman–Crippen MR) is 111 cm³/mol. The lowest BCUT2D eigenvalue weighted by molar-refractivity contribution is -0.0495. The van der Waals surface area contributed by atoms with Crippen molar-refractivity contribution in [2.45, 2.75) is 52.7 Å². The van der Waals surface area contributed by atoms with Crippen molar-refractivity contribution in [2.75, 3.05) is 6.54 Å². The maximum Gasteiger partial charge on any atom is 0.387 e. The first-order valence-electron chi connectivity index (χ1n) is 9.95. The number of carbonyl (C=O) groups excluding carboxylic acids is 1. The van der Waals surface area contributed by atoms with Crippen LogP contribution >= 0.6 is 23.2 Å². The molecule has 0 radical (unpaired) electrons. The van der Waals surface area contributed by atoms with Crippen LogP contribution in [-0.4, -0.2) is 33.8 Å². The van der Waals surface area contributed by atoms with Gasteiger partial charge in [-0.25, -0.2) is 4.98 Å². The quantitative estimate of drug-likeness (QED) is 0.559. The number of ether oxygens (including phenoxy) is 1. The van der Waals surface area contributed by atoms with Crippen LogP contribution in [0.5, 0.6) is 5.75 Å². The van der Waals surface area contributed by atoms with Gasteiger partial charge in [0.05, 0.1) is 16.3 Å². The first-order chi connectivity index (χ1) is 14.3. The van der Waals surface area contributed by atoms with Gasteiger partial charge >= 0.3 is 6.61 Å². The fourth-order valence-electron chi connectivity index (χ4n) is 3.71. The second kappa shape index (κ2) is 9.92. The summed E-state index contributed by atoms with van der Waals surface area (Å²) >= 11 is 12.3. The summed E-state index contributed by atoms with van der Waals surface area (Å²) in [5, 5.41) is 7.25. The van der Waals surface area contributed by atoms with Crippen molar-refractivity contribution in [3.8, 4) is 17.0 Å². The predicted octanol–water partition coefficient (Wildman–Crippen LogP) is 5.43. The Kier molecular flexibility index (Phi) is 7.52. The number of aryl methyl sites for hydroxylation is 1. The number of aromatic nitrogens is 3. The molecule has 10 heteroatoms. The Bertz CT molecular complexity index is 899. The van der Waals surface area contributed by atoms with Crippen molar-refractivity contribution < 1.29 is 18.3 Å². The zero-order chi connectivity index (χ0) is 21.8. The lowest BCUT2D eigenvalue weighted by atomic mass is 9.83. The molecular weight excluding hydrogens is 437 g/mol. The highest BCUT2D eigenvalue weighted by Gasteiger charge is 2.26. The highest BCUT2D eigenvalue weighted by Crippen LogP contribution is 2.38. The third kappa shape index (κ3) is 5.21. The van der Waals surface area contributed by atoms with E-state index in [-0.39, 0.29) is 32.9 Å². The Morgan fingerprint density at radius 2 is 2.03 bits per heavy atom. The molecule has 0 aromatic carbocycles. The zero-order valence-corrected chi connectivity index (χ0v) is 18.3. The molecule has 0 aliphatic heterocycles. The largest absolute Gasteiger partial charge is 0.434 e. The molecule has 0 unspecified atom stereocenters. The lowest BCUT2D eigenvalue weighted by Gasteiger charge is -2.26. The molecule has 1 aliphatic rings. The number of pyridine rings is 1. The molecule has 2 heterocycles. The summed E-state index contributed by atoms with van der Waals surface area (Å²) in [5.41, 5.74) is 0.491. The summed E-state index contributed by atoms with van der Waals surface area (Å²) in [4.78, 5) is 16.7. The summed E-state index contributed by atoms with van der Waals surface area (Å²) in [7, 11) is 0. The van der Waals surface area contributed by atoms with Gasteiger partial charge in [0.15, 0.2) is 5.69 Å². The fourth-order valence-corrected chi connectivity index (χ4v) is 4.18. The summed E-state index contributed by atoms with van der Waals surface area (Å²) in [6.07, 6.45) is 5.75. The second-order valence-electron chi connectivity index (χ2n) is 7.54. The standard InChI is InChI=1S/C20H24Cl2F2N4O2/c1-3-28-18(13-10-25-15(21)8-14(13)30-20(23)24)16(22)17(27-28)19(29)26-9-12-6-4-11(2)5-7-12/h8,10-12,20H,3-7,9H2,1-2H3,(H,26,29). The van der Waals surface area contributed by atoms with E-state index in [1.807, 2.05) is 0 Å². The second-order valence-corrected chi connectivity index (χ2v) is 8.31. The molecule has 6 nitrogen and oxygen atoms in total. The van der Waals surface area contributed by atoms with E-state index < -0.39 is 12.5 Å². The third-order valence-corrected chi connectivity index (χ3v) is 5.96. The molecule has 0 saturated heterocycles. The van der Waals surface area contributed by atoms with Crippen LogP contribution in [0.25, 0.3) is 11.3 Å². The Labute approximate surface area is 183 Å². The molecule has 164 valence electrons. The van der Waals surface area contributed by atoms with Gasteiger partial charge in [0.1, 0.15) is 10.9 Å². The van der Waals surface area contributed by atoms with Gasteiger partial charge in [-0.1, -0.05) is 43.0 Å². The molecule has 1 saturated carbocycles. The Morgan fingerprint density at radius 1 is 1.33 bits per heavy atom. The van der Waals surface area contributed by atoms with Gasteiger partial charge in [-0.15, -0.1) is 0 Å². The summed E-state index contributed by atoms with van der Waals surface area (Å²) < 4.78 is 31.8. The van der Waals surface area contributed by atoms with Crippen molar-refractivity contribution in [1.29, 1.82) is 0 Å². The van der Waals surface area contributed by atoms with E-state index in [4.69, 9.17) is 23.2 Å². The van der Waals surface area contributed by atoms with E-state index in [0.29, 0.717) is 19.0 Å². The van der Waals surface area contributed by atoms with Crippen LogP contribution in [0.4, 0.5) is 8.78 Å². The van der Waals surface area contributed by atoms with Crippen molar-refractivity contribution >= 4 is 29.1 Å². The van der Waals surface area contributed by atoms with Crippen LogP contribution < -0.4 is 10.1 Å². The van der Waals surface area contributed by atoms with E-state index >= 15 is 0 Å². The average Bonchev–Trinajstić information content (AvgIpc) is 3.03. The smallest absolute Gasteiger partial charge is 0.387 e. The highest BCUT2D eigenvalue weighted by molar-refractivity contribution is 6.36. The van der Waals surface area contributed by atoms with Gasteiger partial charge in [0, 0.05) is 25.4 Å². The summed E-state index contributed by atoms with van der Waals surface area (Å²) in [5.74, 6) is 0.574. The van der Waals surface area contributed by atoms with Crippen molar-refractivity contribution in [2.24, 2.45) is 11.8 Å². The number of alkyl halides is 2. The van der Waals surface area contributed by atoms with E-state index in [1.54, 1.807) is 6.92 Å². The van der Waals surface area contributed by atoms with Gasteiger partial charge in [0.2, 0.25) is 0 Å². The van der Waals surface area contributed by atoms with Gasteiger partial charge < -0.3 is 10.1 Å². The van der Waals surface area contributed by atoms with Gasteiger partial charge in [-0.05, 0) is 31.6 Å². The van der Waals surface area contributed by atoms with Crippen LogP contribution in [0.1, 0.15) is 50.0 Å². The Hall–Kier alpha value is -1.93. The minimum absolute atomic E-state index is 0.00662. The third-order valence-electron chi connectivity index (χ3n) is 5.40. The number of nitrogens with one attached hydrogen (secondary N) is 1. The molecule has 30 heavy (non-hydrogen) atoms. The fraction of sp³-hybridized carbons (Fsp3) is 0.550. The molecule has 0 spiro atoms. The molecule has 3 rings (SSSR count). The normalized spacial score (nSPS) is 19.2. The molecule has 1 N–H and O–H groups in total. The van der Waals surface area contributed by atoms with Crippen LogP contribution in [-0.2, 0) is 6.54 Å². The first-order valence-corrected chi connectivity index (χ1v) is 10.7. The molecule has 2 aromatic heterocycles. The zero-order valence-electron chi connectivity index (χ0n) is 16.8. The van der Waals surface area contributed by atoms with Crippen LogP contribution in [0.2, 0.25) is 10.2 Å². The van der Waals surface area contributed by atoms with Gasteiger partial charge in [0.25, 0.3) is 5.91 Å². The van der Waals surface area contributed by atoms with E-state index in [1.165, 1.54) is 16.9 Å². The average molecular weight is 461 g/mol. The summed E-state index contributed by atoms with van der Waals surface area (Å²) in [6.45, 7) is 1.90. The maximum atomic E-state index is 12.9. The topological polar surface area (TPSA) is 69.0 Å².